The summed E-state index contributed by atoms with van der Waals surface area (Å²) < 4.78 is 0. The zero-order valence-corrected chi connectivity index (χ0v) is 35.5. The van der Waals surface area contributed by atoms with Crippen molar-refractivity contribution in [2.75, 3.05) is 6.66 Å². The van der Waals surface area contributed by atoms with Gasteiger partial charge in [-0.15, -0.1) is 7.17 Å². The van der Waals surface area contributed by atoms with Gasteiger partial charge in [0.2, 0.25) is 0 Å². The largest absolute Gasteiger partial charge is 0.110 e. The van der Waals surface area contributed by atoms with E-state index >= 15 is 0 Å². The molecular formula is C43H70P2. The zero-order chi connectivity index (χ0) is 35.3. The summed E-state index contributed by atoms with van der Waals surface area (Å²) in [6.07, 6.45) is 0. The van der Waals surface area contributed by atoms with Crippen molar-refractivity contribution < 1.29 is 0 Å². The van der Waals surface area contributed by atoms with Gasteiger partial charge < -0.3 is 0 Å². The summed E-state index contributed by atoms with van der Waals surface area (Å²) >= 11 is 0. The third-order valence-electron chi connectivity index (χ3n) is 9.42. The molecule has 0 radical (unpaired) electrons. The van der Waals surface area contributed by atoms with Gasteiger partial charge in [-0.1, -0.05) is 170 Å². The van der Waals surface area contributed by atoms with Crippen molar-refractivity contribution in [3.8, 4) is 0 Å². The predicted molar refractivity (Wildman–Crippen MR) is 213 cm³/mol. The van der Waals surface area contributed by atoms with E-state index in [4.69, 9.17) is 0 Å². The average Bonchev–Trinajstić information content (AvgIpc) is 2.77. The molecule has 0 fully saturated rings. The van der Waals surface area contributed by atoms with Crippen LogP contribution in [0.25, 0.3) is 0 Å². The molecule has 2 heteroatoms. The second-order valence-corrected chi connectivity index (χ2v) is 26.7. The van der Waals surface area contributed by atoms with E-state index in [1.807, 2.05) is 0 Å². The number of benzene rings is 2. The first kappa shape index (κ1) is 38.4. The standard InChI is InChI=1S/C43H70P2/c1-37(2,3)27-23-29(39(7,8)9)33(30(24-27)40(10,11)12)35-44(22)36(45(35)43(19,20)21)34-31(41(13,14)15)25-28(38(4,5)6)26-32(34)42(16,17)18/h23-26H,1-22H3. The molecule has 2 aromatic carbocycles. The lowest BCUT2D eigenvalue weighted by Crippen LogP contribution is -2.35. The molecule has 0 aliphatic carbocycles. The van der Waals surface area contributed by atoms with Gasteiger partial charge >= 0.3 is 0 Å². The zero-order valence-electron chi connectivity index (χ0n) is 33.7. The maximum absolute atomic E-state index is 2.61. The molecule has 0 unspecified atom stereocenters. The van der Waals surface area contributed by atoms with E-state index in [0.29, 0.717) is 0 Å². The van der Waals surface area contributed by atoms with E-state index in [9.17, 15) is 0 Å². The summed E-state index contributed by atoms with van der Waals surface area (Å²) in [6.45, 7) is 53.7. The highest BCUT2D eigenvalue weighted by atomic mass is 31.2. The minimum absolute atomic E-state index is 0.0515. The number of hydrogen-bond acceptors (Lipinski definition) is 0. The van der Waals surface area contributed by atoms with Gasteiger partial charge in [-0.25, -0.2) is 0 Å². The number of rotatable bonds is 2. The molecule has 1 heterocycles. The molecule has 0 atom stereocenters. The van der Waals surface area contributed by atoms with Crippen molar-refractivity contribution in [1.29, 1.82) is 0 Å². The molecule has 3 rings (SSSR count). The Bertz CT molecular complexity index is 1370. The normalized spacial score (nSPS) is 18.4. The Labute approximate surface area is 282 Å². The van der Waals surface area contributed by atoms with Crippen molar-refractivity contribution in [3.63, 3.8) is 0 Å². The van der Waals surface area contributed by atoms with Crippen LogP contribution < -0.4 is 0 Å². The maximum atomic E-state index is 2.61. The van der Waals surface area contributed by atoms with Gasteiger partial charge in [0.25, 0.3) is 0 Å². The highest BCUT2D eigenvalue weighted by Gasteiger charge is 2.45. The molecule has 0 aromatic heterocycles. The van der Waals surface area contributed by atoms with Crippen LogP contribution >= 0.6 is 15.1 Å². The van der Waals surface area contributed by atoms with E-state index in [0.717, 1.165) is 0 Å². The van der Waals surface area contributed by atoms with Crippen LogP contribution in [0.3, 0.4) is 0 Å². The van der Waals surface area contributed by atoms with E-state index in [1.54, 1.807) is 43.4 Å². The summed E-state index contributed by atoms with van der Waals surface area (Å²) in [5.74, 6) is 0. The fourth-order valence-corrected chi connectivity index (χ4v) is 15.1. The number of hydrogen-bond donors (Lipinski definition) is 0. The molecule has 0 nitrogen and oxygen atoms in total. The van der Waals surface area contributed by atoms with Crippen LogP contribution in [0.4, 0.5) is 0 Å². The lowest BCUT2D eigenvalue weighted by atomic mass is 9.72. The van der Waals surface area contributed by atoms with Gasteiger partial charge in [-0.05, 0) is 96.7 Å². The Balaban J connectivity index is 2.74. The van der Waals surface area contributed by atoms with E-state index < -0.39 is 15.1 Å². The molecular weight excluding hydrogens is 578 g/mol. The van der Waals surface area contributed by atoms with Crippen molar-refractivity contribution in [3.05, 3.63) is 68.8 Å². The second kappa shape index (κ2) is 11.5. The van der Waals surface area contributed by atoms with E-state index in [1.165, 1.54) is 11.1 Å². The topological polar surface area (TPSA) is 0 Å². The van der Waals surface area contributed by atoms with Gasteiger partial charge in [-0.3, -0.25) is 0 Å². The molecule has 252 valence electrons. The third kappa shape index (κ3) is 7.65. The first-order chi connectivity index (χ1) is 19.7. The fourth-order valence-electron chi connectivity index (χ4n) is 6.65. The molecule has 2 aromatic rings. The highest BCUT2D eigenvalue weighted by Crippen LogP contribution is 2.68. The monoisotopic (exact) mass is 648 g/mol. The summed E-state index contributed by atoms with van der Waals surface area (Å²) in [6, 6.07) is 10.4. The molecule has 45 heavy (non-hydrogen) atoms. The Morgan fingerprint density at radius 2 is 0.578 bits per heavy atom. The Hall–Kier alpha value is -1.09. The molecule has 0 N–H and O–H groups in total. The highest BCUT2D eigenvalue weighted by molar-refractivity contribution is 8.15. The van der Waals surface area contributed by atoms with Crippen LogP contribution in [0.15, 0.2) is 24.3 Å². The maximum Gasteiger partial charge on any atom is 0.00874 e. The molecule has 0 saturated heterocycles. The van der Waals surface area contributed by atoms with Crippen LogP contribution in [0.1, 0.15) is 190 Å². The fraction of sp³-hybridized carbons (Fsp3) is 0.674. The average molecular weight is 649 g/mol. The lowest BCUT2D eigenvalue weighted by Gasteiger charge is -2.47. The molecule has 0 amide bonds. The van der Waals surface area contributed by atoms with E-state index in [-0.39, 0.29) is 37.6 Å². The summed E-state index contributed by atoms with van der Waals surface area (Å²) in [4.78, 5) is 0. The van der Waals surface area contributed by atoms with Gasteiger partial charge in [0, 0.05) is 10.1 Å². The van der Waals surface area contributed by atoms with Crippen LogP contribution in [-0.2, 0) is 32.5 Å². The molecule has 1 aliphatic heterocycles. The summed E-state index contributed by atoms with van der Waals surface area (Å²) in [5, 5.41) is 3.74. The van der Waals surface area contributed by atoms with Gasteiger partial charge in [0.15, 0.2) is 0 Å². The van der Waals surface area contributed by atoms with E-state index in [2.05, 4.69) is 176 Å². The molecule has 0 bridgehead atoms. The predicted octanol–water partition coefficient (Wildman–Crippen LogP) is 13.5. The smallest absolute Gasteiger partial charge is 0.00874 e. The van der Waals surface area contributed by atoms with Crippen LogP contribution in [0, 0.1) is 0 Å². The van der Waals surface area contributed by atoms with Crippen molar-refractivity contribution >= 4 is 25.2 Å². The SMILES string of the molecule is CP1=C(c2c(C(C)(C)C)cc(C(C)(C)C)cc2C(C)(C)C)P(C(C)(C)C)C=1c1c(C(C)(C)C)cc(C(C)(C)C)cc1C(C)(C)C. The molecule has 0 spiro atoms. The van der Waals surface area contributed by atoms with Gasteiger partial charge in [-0.2, -0.15) is 0 Å². The quantitative estimate of drug-likeness (QED) is 0.284. The lowest BCUT2D eigenvalue weighted by molar-refractivity contribution is 0.546. The van der Waals surface area contributed by atoms with Crippen LogP contribution in [0.5, 0.6) is 0 Å². The minimum Gasteiger partial charge on any atom is -0.110 e. The Morgan fingerprint density at radius 1 is 0.356 bits per heavy atom. The van der Waals surface area contributed by atoms with Crippen LogP contribution in [-0.4, -0.2) is 21.9 Å². The summed E-state index contributed by atoms with van der Waals surface area (Å²) in [5.41, 5.74) is 12.8. The third-order valence-corrected chi connectivity index (χ3v) is 16.8. The van der Waals surface area contributed by atoms with Gasteiger partial charge in [0.1, 0.15) is 0 Å². The van der Waals surface area contributed by atoms with Crippen molar-refractivity contribution in [1.82, 2.24) is 0 Å². The molecule has 1 aliphatic rings. The first-order valence-corrected chi connectivity index (χ1v) is 20.5. The molecule has 0 saturated carbocycles. The summed E-state index contributed by atoms with van der Waals surface area (Å²) in [7, 11) is -0.992. The Morgan fingerprint density at radius 3 is 0.733 bits per heavy atom. The van der Waals surface area contributed by atoms with Crippen molar-refractivity contribution in [2.45, 2.75) is 183 Å². The Kier molecular flexibility index (Phi) is 9.81. The second-order valence-electron chi connectivity index (χ2n) is 21.1. The minimum atomic E-state index is -0.524. The van der Waals surface area contributed by atoms with Crippen molar-refractivity contribution in [2.24, 2.45) is 0 Å². The van der Waals surface area contributed by atoms with Crippen LogP contribution in [0.2, 0.25) is 0 Å². The van der Waals surface area contributed by atoms with Gasteiger partial charge in [0.05, 0.1) is 0 Å². The first-order valence-electron chi connectivity index (χ1n) is 17.4.